The van der Waals surface area contributed by atoms with Crippen LogP contribution >= 0.6 is 6.83 Å². The van der Waals surface area contributed by atoms with E-state index in [-0.39, 0.29) is 0 Å². The second-order valence-corrected chi connectivity index (χ2v) is 11.0. The van der Waals surface area contributed by atoms with Gasteiger partial charge in [-0.25, -0.2) is 0 Å². The van der Waals surface area contributed by atoms with Gasteiger partial charge in [-0.2, -0.15) is 0 Å². The van der Waals surface area contributed by atoms with Crippen molar-refractivity contribution in [3.63, 3.8) is 0 Å². The van der Waals surface area contributed by atoms with Crippen LogP contribution in [0, 0.1) is 10.1 Å². The van der Waals surface area contributed by atoms with Crippen LogP contribution < -0.4 is 21.2 Å². The number of nitrogens with zero attached hydrogens (tertiary/aromatic N) is 1. The summed E-state index contributed by atoms with van der Waals surface area (Å²) < 4.78 is 6.02. The molecular weight excluding hydrogens is 381 g/mol. The molecule has 0 aliphatic heterocycles. The molecule has 4 aromatic rings. The predicted octanol–water partition coefficient (Wildman–Crippen LogP) is 3.97. The molecule has 4 rings (SSSR count). The van der Waals surface area contributed by atoms with Gasteiger partial charge in [0.2, 0.25) is 0 Å². The van der Waals surface area contributed by atoms with Crippen molar-refractivity contribution in [1.29, 1.82) is 0 Å². The van der Waals surface area contributed by atoms with Gasteiger partial charge in [0.1, 0.15) is 0 Å². The molecule has 0 spiro atoms. The van der Waals surface area contributed by atoms with E-state index in [0.29, 0.717) is 0 Å². The molecule has 4 aromatic carbocycles. The molecular formula is C24H20NO3P. The maximum atomic E-state index is 12.1. The second-order valence-electron chi connectivity index (χ2n) is 6.68. The van der Waals surface area contributed by atoms with Crippen molar-refractivity contribution in [1.82, 2.24) is 0 Å². The van der Waals surface area contributed by atoms with Gasteiger partial charge >= 0.3 is 169 Å². The van der Waals surface area contributed by atoms with E-state index in [9.17, 15) is 10.1 Å². The summed E-state index contributed by atoms with van der Waals surface area (Å²) >= 11 is 0. The molecule has 0 saturated heterocycles. The molecule has 0 amide bonds. The van der Waals surface area contributed by atoms with Crippen LogP contribution in [0.15, 0.2) is 121 Å². The molecule has 0 atom stereocenters. The maximum absolute atomic E-state index is 12.1. The summed E-state index contributed by atoms with van der Waals surface area (Å²) in [5.41, 5.74) is 0. The van der Waals surface area contributed by atoms with E-state index in [0.717, 1.165) is 21.2 Å². The molecule has 0 aliphatic rings. The Morgan fingerprint density at radius 3 is 0.966 bits per heavy atom. The van der Waals surface area contributed by atoms with E-state index >= 15 is 0 Å². The van der Waals surface area contributed by atoms with Crippen LogP contribution in [-0.2, 0) is 4.62 Å². The Kier molecular flexibility index (Phi) is 4.87. The van der Waals surface area contributed by atoms with Gasteiger partial charge in [0.25, 0.3) is 0 Å². The summed E-state index contributed by atoms with van der Waals surface area (Å²) in [4.78, 5) is 12.1. The van der Waals surface area contributed by atoms with Gasteiger partial charge in [-0.05, 0) is 0 Å². The third kappa shape index (κ3) is 2.81. The third-order valence-corrected chi connectivity index (χ3v) is 10.8. The summed E-state index contributed by atoms with van der Waals surface area (Å²) in [7, 11) is 0. The van der Waals surface area contributed by atoms with Crippen molar-refractivity contribution in [2.45, 2.75) is 0 Å². The summed E-state index contributed by atoms with van der Waals surface area (Å²) in [5.74, 6) is 0. The first-order chi connectivity index (χ1) is 14.2. The van der Waals surface area contributed by atoms with Crippen LogP contribution in [0.2, 0.25) is 0 Å². The fraction of sp³-hybridized carbons (Fsp3) is 0. The fourth-order valence-corrected chi connectivity index (χ4v) is 9.46. The summed E-state index contributed by atoms with van der Waals surface area (Å²) in [6, 6.07) is 38.2. The van der Waals surface area contributed by atoms with Gasteiger partial charge in [0.05, 0.1) is 0 Å². The molecule has 0 aromatic heterocycles. The summed E-state index contributed by atoms with van der Waals surface area (Å²) in [6.45, 7) is -4.14. The Morgan fingerprint density at radius 2 is 0.759 bits per heavy atom. The summed E-state index contributed by atoms with van der Waals surface area (Å²) in [6.07, 6.45) is 0. The zero-order chi connectivity index (χ0) is 20.2. The van der Waals surface area contributed by atoms with Gasteiger partial charge in [-0.1, -0.05) is 0 Å². The van der Waals surface area contributed by atoms with E-state index < -0.39 is 11.9 Å². The Labute approximate surface area is 169 Å². The molecule has 0 unspecified atom stereocenters. The average Bonchev–Trinajstić information content (AvgIpc) is 2.80. The molecule has 5 heteroatoms. The summed E-state index contributed by atoms with van der Waals surface area (Å²) in [5, 5.41) is 14.6. The minimum atomic E-state index is -4.14. The molecule has 144 valence electrons. The van der Waals surface area contributed by atoms with E-state index in [2.05, 4.69) is 0 Å². The van der Waals surface area contributed by atoms with Crippen LogP contribution in [0.25, 0.3) is 0 Å². The zero-order valence-electron chi connectivity index (χ0n) is 15.7. The predicted molar refractivity (Wildman–Crippen MR) is 119 cm³/mol. The monoisotopic (exact) mass is 401 g/mol. The number of benzene rings is 4. The second kappa shape index (κ2) is 7.50. The quantitative estimate of drug-likeness (QED) is 0.279. The first-order valence-electron chi connectivity index (χ1n) is 9.27. The molecule has 0 radical (unpaired) electrons. The van der Waals surface area contributed by atoms with Gasteiger partial charge in [0.15, 0.2) is 0 Å². The normalized spacial score (nSPS) is 12.5. The van der Waals surface area contributed by atoms with Gasteiger partial charge < -0.3 is 0 Å². The van der Waals surface area contributed by atoms with Crippen molar-refractivity contribution < 1.29 is 9.71 Å². The van der Waals surface area contributed by atoms with Gasteiger partial charge in [-0.15, -0.1) is 0 Å². The van der Waals surface area contributed by atoms with Crippen LogP contribution in [-0.4, -0.2) is 5.09 Å². The molecule has 0 saturated carbocycles. The van der Waals surface area contributed by atoms with Crippen molar-refractivity contribution in [2.24, 2.45) is 0 Å². The van der Waals surface area contributed by atoms with Crippen LogP contribution in [0.1, 0.15) is 0 Å². The molecule has 0 bridgehead atoms. The van der Waals surface area contributed by atoms with Crippen molar-refractivity contribution in [3.05, 3.63) is 131 Å². The molecule has 0 fully saturated rings. The zero-order valence-corrected chi connectivity index (χ0v) is 16.6. The van der Waals surface area contributed by atoms with Crippen molar-refractivity contribution >= 4 is 28.0 Å². The Balaban J connectivity index is 2.31. The molecule has 4 nitrogen and oxygen atoms in total. The number of hydrogen-bond acceptors (Lipinski definition) is 3. The fourth-order valence-electron chi connectivity index (χ4n) is 4.07. The van der Waals surface area contributed by atoms with Crippen LogP contribution in [0.4, 0.5) is 0 Å². The minimum absolute atomic E-state index is 0.641. The first kappa shape index (κ1) is 18.9. The van der Waals surface area contributed by atoms with Crippen LogP contribution in [0.5, 0.6) is 0 Å². The molecule has 0 aliphatic carbocycles. The van der Waals surface area contributed by atoms with Crippen molar-refractivity contribution in [2.75, 3.05) is 0 Å². The molecule has 0 heterocycles. The van der Waals surface area contributed by atoms with Crippen LogP contribution in [0.3, 0.4) is 0 Å². The van der Waals surface area contributed by atoms with Crippen molar-refractivity contribution in [3.8, 4) is 0 Å². The number of rotatable bonds is 6. The Morgan fingerprint density at radius 1 is 0.517 bits per heavy atom. The van der Waals surface area contributed by atoms with E-state index in [4.69, 9.17) is 4.62 Å². The van der Waals surface area contributed by atoms with Gasteiger partial charge in [-0.3, -0.25) is 0 Å². The van der Waals surface area contributed by atoms with E-state index in [1.165, 1.54) is 0 Å². The van der Waals surface area contributed by atoms with E-state index in [1.54, 1.807) is 0 Å². The SMILES string of the molecule is O=[N+]([O-])OP(c1ccccc1)(c1ccccc1)(c1ccccc1)c1ccccc1. The third-order valence-electron chi connectivity index (χ3n) is 5.23. The first-order valence-corrected chi connectivity index (χ1v) is 11.4. The molecule has 29 heavy (non-hydrogen) atoms. The average molecular weight is 401 g/mol. The number of hydrogen-bond donors (Lipinski definition) is 0. The van der Waals surface area contributed by atoms with Gasteiger partial charge in [0, 0.05) is 0 Å². The standard InChI is InChI=1S/C24H20NO3P/c26-25(27)28-29(21-13-5-1-6-14-21,22-15-7-2-8-16-22,23-17-9-3-10-18-23)24-19-11-4-12-20-24/h1-20H. The Hall–Kier alpha value is -3.49. The Bertz CT molecular complexity index is 934. The topological polar surface area (TPSA) is 52.4 Å². The molecule has 0 N–H and O–H groups in total. The van der Waals surface area contributed by atoms with E-state index in [1.807, 2.05) is 121 Å².